The topological polar surface area (TPSA) is 36.4 Å². The summed E-state index contributed by atoms with van der Waals surface area (Å²) >= 11 is 3.48. The highest BCUT2D eigenvalue weighted by molar-refractivity contribution is 9.10. The van der Waals surface area contributed by atoms with Crippen LogP contribution in [0.4, 0.5) is 5.69 Å². The van der Waals surface area contributed by atoms with Gasteiger partial charge in [0.1, 0.15) is 0 Å². The second-order valence-electron chi connectivity index (χ2n) is 3.48. The highest BCUT2D eigenvalue weighted by atomic mass is 79.9. The molecule has 1 aromatic heterocycles. The molecule has 0 aromatic carbocycles. The van der Waals surface area contributed by atoms with E-state index in [2.05, 4.69) is 25.8 Å². The van der Waals surface area contributed by atoms with Gasteiger partial charge in [0, 0.05) is 19.3 Å². The van der Waals surface area contributed by atoms with Crippen LogP contribution in [-0.2, 0) is 6.61 Å². The Bertz CT molecular complexity index is 324. The van der Waals surface area contributed by atoms with E-state index >= 15 is 0 Å². The van der Waals surface area contributed by atoms with Gasteiger partial charge in [-0.05, 0) is 34.8 Å². The SMILES string of the molecule is OCc1cc(N2CCCC2)c(Br)cn1. The largest absolute Gasteiger partial charge is 0.390 e. The Morgan fingerprint density at radius 1 is 1.43 bits per heavy atom. The lowest BCUT2D eigenvalue weighted by Gasteiger charge is -2.19. The molecule has 0 amide bonds. The van der Waals surface area contributed by atoms with Gasteiger partial charge in [0.25, 0.3) is 0 Å². The van der Waals surface area contributed by atoms with Crippen molar-refractivity contribution < 1.29 is 5.11 Å². The number of hydrogen-bond acceptors (Lipinski definition) is 3. The first-order valence-corrected chi connectivity index (χ1v) is 5.61. The molecular weight excluding hydrogens is 244 g/mol. The van der Waals surface area contributed by atoms with Crippen LogP contribution in [-0.4, -0.2) is 23.2 Å². The molecule has 1 N–H and O–H groups in total. The van der Waals surface area contributed by atoms with E-state index in [0.29, 0.717) is 0 Å². The van der Waals surface area contributed by atoms with Crippen LogP contribution >= 0.6 is 15.9 Å². The lowest BCUT2D eigenvalue weighted by molar-refractivity contribution is 0.277. The van der Waals surface area contributed by atoms with Crippen LogP contribution in [0.25, 0.3) is 0 Å². The van der Waals surface area contributed by atoms with Gasteiger partial charge in [-0.15, -0.1) is 0 Å². The Balaban J connectivity index is 2.29. The van der Waals surface area contributed by atoms with E-state index in [9.17, 15) is 0 Å². The number of pyridine rings is 1. The van der Waals surface area contributed by atoms with Gasteiger partial charge in [-0.2, -0.15) is 0 Å². The molecule has 0 spiro atoms. The van der Waals surface area contributed by atoms with Crippen LogP contribution in [0.1, 0.15) is 18.5 Å². The number of aromatic nitrogens is 1. The summed E-state index contributed by atoms with van der Waals surface area (Å²) in [7, 11) is 0. The molecule has 2 heterocycles. The van der Waals surface area contributed by atoms with Crippen molar-refractivity contribution in [2.24, 2.45) is 0 Å². The van der Waals surface area contributed by atoms with E-state index in [4.69, 9.17) is 5.11 Å². The molecule has 0 saturated carbocycles. The molecule has 2 rings (SSSR count). The fourth-order valence-corrected chi connectivity index (χ4v) is 2.22. The molecule has 0 atom stereocenters. The highest BCUT2D eigenvalue weighted by Crippen LogP contribution is 2.28. The molecule has 1 fully saturated rings. The van der Waals surface area contributed by atoms with E-state index in [1.807, 2.05) is 6.07 Å². The predicted molar refractivity (Wildman–Crippen MR) is 59.3 cm³/mol. The van der Waals surface area contributed by atoms with Crippen LogP contribution in [0.5, 0.6) is 0 Å². The first kappa shape index (κ1) is 9.93. The van der Waals surface area contributed by atoms with Gasteiger partial charge in [-0.3, -0.25) is 4.98 Å². The third-order valence-electron chi connectivity index (χ3n) is 2.50. The molecule has 0 unspecified atom stereocenters. The van der Waals surface area contributed by atoms with Crippen molar-refractivity contribution >= 4 is 21.6 Å². The lowest BCUT2D eigenvalue weighted by Crippen LogP contribution is -2.18. The monoisotopic (exact) mass is 256 g/mol. The summed E-state index contributed by atoms with van der Waals surface area (Å²) in [6, 6.07) is 1.95. The smallest absolute Gasteiger partial charge is 0.0853 e. The molecule has 0 bridgehead atoms. The summed E-state index contributed by atoms with van der Waals surface area (Å²) in [5.74, 6) is 0. The number of anilines is 1. The number of halogens is 1. The second-order valence-corrected chi connectivity index (χ2v) is 4.33. The summed E-state index contributed by atoms with van der Waals surface area (Å²) < 4.78 is 1.01. The molecule has 14 heavy (non-hydrogen) atoms. The Morgan fingerprint density at radius 3 is 2.79 bits per heavy atom. The minimum atomic E-state index is 0.00806. The molecule has 0 radical (unpaired) electrons. The van der Waals surface area contributed by atoms with Crippen LogP contribution in [0.3, 0.4) is 0 Å². The maximum atomic E-state index is 9.00. The third kappa shape index (κ3) is 1.91. The maximum absolute atomic E-state index is 9.00. The van der Waals surface area contributed by atoms with Crippen LogP contribution in [0.15, 0.2) is 16.7 Å². The zero-order chi connectivity index (χ0) is 9.97. The number of aliphatic hydroxyl groups is 1. The number of hydrogen-bond donors (Lipinski definition) is 1. The minimum absolute atomic E-state index is 0.00806. The van der Waals surface area contributed by atoms with Gasteiger partial charge < -0.3 is 10.0 Å². The van der Waals surface area contributed by atoms with Crippen molar-refractivity contribution in [3.8, 4) is 0 Å². The van der Waals surface area contributed by atoms with Crippen molar-refractivity contribution in [3.63, 3.8) is 0 Å². The van der Waals surface area contributed by atoms with E-state index in [0.717, 1.165) is 28.9 Å². The summed E-state index contributed by atoms with van der Waals surface area (Å²) in [4.78, 5) is 6.43. The summed E-state index contributed by atoms with van der Waals surface area (Å²) in [6.07, 6.45) is 4.27. The normalized spacial score (nSPS) is 16.3. The minimum Gasteiger partial charge on any atom is -0.390 e. The molecule has 0 aliphatic carbocycles. The Morgan fingerprint density at radius 2 is 2.14 bits per heavy atom. The summed E-state index contributed by atoms with van der Waals surface area (Å²) in [5, 5.41) is 9.00. The quantitative estimate of drug-likeness (QED) is 0.879. The van der Waals surface area contributed by atoms with E-state index < -0.39 is 0 Å². The van der Waals surface area contributed by atoms with Gasteiger partial charge >= 0.3 is 0 Å². The maximum Gasteiger partial charge on any atom is 0.0853 e. The van der Waals surface area contributed by atoms with Crippen molar-refractivity contribution in [2.45, 2.75) is 19.4 Å². The van der Waals surface area contributed by atoms with E-state index in [1.54, 1.807) is 6.20 Å². The Hall–Kier alpha value is -0.610. The average molecular weight is 257 g/mol. The number of nitrogens with zero attached hydrogens (tertiary/aromatic N) is 2. The Labute approximate surface area is 91.9 Å². The van der Waals surface area contributed by atoms with Crippen molar-refractivity contribution in [1.29, 1.82) is 0 Å². The summed E-state index contributed by atoms with van der Waals surface area (Å²) in [6.45, 7) is 2.22. The second kappa shape index (κ2) is 4.28. The fourth-order valence-electron chi connectivity index (χ4n) is 1.76. The zero-order valence-electron chi connectivity index (χ0n) is 7.91. The molecule has 76 valence electrons. The van der Waals surface area contributed by atoms with E-state index in [1.165, 1.54) is 12.8 Å². The van der Waals surface area contributed by atoms with Crippen molar-refractivity contribution in [1.82, 2.24) is 4.98 Å². The highest BCUT2D eigenvalue weighted by Gasteiger charge is 2.15. The zero-order valence-corrected chi connectivity index (χ0v) is 9.50. The number of rotatable bonds is 2. The molecule has 1 aliphatic rings. The molecule has 1 aliphatic heterocycles. The van der Waals surface area contributed by atoms with Gasteiger partial charge in [0.2, 0.25) is 0 Å². The van der Waals surface area contributed by atoms with Crippen LogP contribution < -0.4 is 4.90 Å². The molecule has 1 saturated heterocycles. The molecule has 4 heteroatoms. The summed E-state index contributed by atoms with van der Waals surface area (Å²) in [5.41, 5.74) is 1.89. The standard InChI is InChI=1S/C10H13BrN2O/c11-9-6-12-8(7-14)5-10(9)13-3-1-2-4-13/h5-6,14H,1-4,7H2. The average Bonchev–Trinajstić information content (AvgIpc) is 2.71. The Kier molecular flexibility index (Phi) is 3.03. The van der Waals surface area contributed by atoms with Crippen molar-refractivity contribution in [2.75, 3.05) is 18.0 Å². The number of aliphatic hydroxyl groups excluding tert-OH is 1. The van der Waals surface area contributed by atoms with Crippen LogP contribution in [0.2, 0.25) is 0 Å². The van der Waals surface area contributed by atoms with Gasteiger partial charge in [0.05, 0.1) is 22.5 Å². The molecule has 3 nitrogen and oxygen atoms in total. The van der Waals surface area contributed by atoms with Gasteiger partial charge in [-0.1, -0.05) is 0 Å². The first-order valence-electron chi connectivity index (χ1n) is 4.81. The first-order chi connectivity index (χ1) is 6.81. The lowest BCUT2D eigenvalue weighted by atomic mass is 10.3. The molecular formula is C10H13BrN2O. The molecule has 1 aromatic rings. The fraction of sp³-hybridized carbons (Fsp3) is 0.500. The third-order valence-corrected chi connectivity index (χ3v) is 3.11. The van der Waals surface area contributed by atoms with Gasteiger partial charge in [0.15, 0.2) is 0 Å². The predicted octanol–water partition coefficient (Wildman–Crippen LogP) is 1.94. The van der Waals surface area contributed by atoms with Crippen LogP contribution in [0, 0.1) is 0 Å². The van der Waals surface area contributed by atoms with E-state index in [-0.39, 0.29) is 6.61 Å². The van der Waals surface area contributed by atoms with Gasteiger partial charge in [-0.25, -0.2) is 0 Å². The van der Waals surface area contributed by atoms with Crippen molar-refractivity contribution in [3.05, 3.63) is 22.4 Å².